The van der Waals surface area contributed by atoms with Gasteiger partial charge in [0.15, 0.2) is 0 Å². The Morgan fingerprint density at radius 3 is 1.69 bits per heavy atom. The molecule has 0 aliphatic carbocycles. The highest BCUT2D eigenvalue weighted by molar-refractivity contribution is 6.11. The van der Waals surface area contributed by atoms with Crippen molar-refractivity contribution in [2.75, 3.05) is 19.0 Å². The van der Waals surface area contributed by atoms with E-state index < -0.39 is 0 Å². The summed E-state index contributed by atoms with van der Waals surface area (Å²) < 4.78 is 0. The standard InChI is InChI=1S/C21H21N3O2/c1-23(2)20(25)18-14-9-15-19(22-18)21(26)24(16-10-5-3-6-11-16)17-12-7-4-8-13-17/h3-8,10-15,22H,9H2,1-2H3. The van der Waals surface area contributed by atoms with E-state index in [1.165, 1.54) is 4.90 Å². The lowest BCUT2D eigenvalue weighted by Gasteiger charge is -2.26. The summed E-state index contributed by atoms with van der Waals surface area (Å²) in [4.78, 5) is 28.6. The van der Waals surface area contributed by atoms with Gasteiger partial charge in [0.1, 0.15) is 11.4 Å². The number of allylic oxidation sites excluding steroid dienone is 2. The van der Waals surface area contributed by atoms with E-state index in [1.54, 1.807) is 31.1 Å². The number of carbonyl (C=O) groups excluding carboxylic acids is 2. The van der Waals surface area contributed by atoms with Crippen molar-refractivity contribution in [3.63, 3.8) is 0 Å². The van der Waals surface area contributed by atoms with Crippen LogP contribution in [0.15, 0.2) is 84.2 Å². The molecule has 1 aliphatic rings. The molecular weight excluding hydrogens is 326 g/mol. The van der Waals surface area contributed by atoms with Gasteiger partial charge < -0.3 is 10.2 Å². The van der Waals surface area contributed by atoms with Crippen molar-refractivity contribution in [2.24, 2.45) is 0 Å². The van der Waals surface area contributed by atoms with Gasteiger partial charge in [-0.1, -0.05) is 48.6 Å². The molecule has 0 saturated heterocycles. The smallest absolute Gasteiger partial charge is 0.278 e. The number of nitrogens with zero attached hydrogens (tertiary/aromatic N) is 2. The van der Waals surface area contributed by atoms with E-state index in [0.29, 0.717) is 17.8 Å². The first-order valence-corrected chi connectivity index (χ1v) is 8.41. The van der Waals surface area contributed by atoms with Gasteiger partial charge in [0.2, 0.25) is 0 Å². The molecule has 0 fully saturated rings. The molecule has 0 unspecified atom stereocenters. The van der Waals surface area contributed by atoms with E-state index in [2.05, 4.69) is 5.32 Å². The number of amides is 2. The fourth-order valence-corrected chi connectivity index (χ4v) is 2.72. The monoisotopic (exact) mass is 347 g/mol. The molecule has 2 aromatic rings. The minimum absolute atomic E-state index is 0.158. The number of benzene rings is 2. The Hall–Kier alpha value is -3.34. The highest BCUT2D eigenvalue weighted by Gasteiger charge is 2.25. The van der Waals surface area contributed by atoms with Crippen LogP contribution >= 0.6 is 0 Å². The maximum Gasteiger partial charge on any atom is 0.278 e. The molecule has 0 saturated carbocycles. The van der Waals surface area contributed by atoms with Gasteiger partial charge in [0, 0.05) is 25.5 Å². The largest absolute Gasteiger partial charge is 0.347 e. The molecule has 0 aromatic heterocycles. The number of anilines is 2. The molecular formula is C21H21N3O2. The lowest BCUT2D eigenvalue weighted by molar-refractivity contribution is -0.125. The van der Waals surface area contributed by atoms with Gasteiger partial charge >= 0.3 is 0 Å². The summed E-state index contributed by atoms with van der Waals surface area (Å²) in [5.41, 5.74) is 2.34. The van der Waals surface area contributed by atoms with Gasteiger partial charge in [0.25, 0.3) is 11.8 Å². The minimum atomic E-state index is -0.209. The van der Waals surface area contributed by atoms with Crippen LogP contribution in [0.3, 0.4) is 0 Å². The second-order valence-corrected chi connectivity index (χ2v) is 6.11. The van der Waals surface area contributed by atoms with Crippen molar-refractivity contribution in [1.82, 2.24) is 10.2 Å². The van der Waals surface area contributed by atoms with Crippen LogP contribution in [0.5, 0.6) is 0 Å². The number of nitrogens with one attached hydrogen (secondary N) is 1. The summed E-state index contributed by atoms with van der Waals surface area (Å²) in [6.45, 7) is 0. The van der Waals surface area contributed by atoms with Crippen molar-refractivity contribution in [3.8, 4) is 0 Å². The molecule has 5 heteroatoms. The predicted molar refractivity (Wildman–Crippen MR) is 103 cm³/mol. The van der Waals surface area contributed by atoms with Gasteiger partial charge in [-0.15, -0.1) is 0 Å². The highest BCUT2D eigenvalue weighted by Crippen LogP contribution is 2.27. The molecule has 132 valence electrons. The normalized spacial score (nSPS) is 13.2. The van der Waals surface area contributed by atoms with Crippen molar-refractivity contribution in [1.29, 1.82) is 0 Å². The van der Waals surface area contributed by atoms with Gasteiger partial charge in [-0.2, -0.15) is 0 Å². The van der Waals surface area contributed by atoms with E-state index in [-0.39, 0.29) is 11.8 Å². The SMILES string of the molecule is CN(C)C(=O)C1=CCC=C(C(=O)N(c2ccccc2)c2ccccc2)N1. The molecule has 0 bridgehead atoms. The lowest BCUT2D eigenvalue weighted by Crippen LogP contribution is -2.38. The molecule has 0 radical (unpaired) electrons. The first-order chi connectivity index (χ1) is 12.6. The van der Waals surface area contributed by atoms with Crippen molar-refractivity contribution in [3.05, 3.63) is 84.2 Å². The minimum Gasteiger partial charge on any atom is -0.347 e. The summed E-state index contributed by atoms with van der Waals surface area (Å²) in [6, 6.07) is 18.9. The summed E-state index contributed by atoms with van der Waals surface area (Å²) in [5.74, 6) is -0.367. The molecule has 26 heavy (non-hydrogen) atoms. The van der Waals surface area contributed by atoms with Crippen molar-refractivity contribution < 1.29 is 9.59 Å². The summed E-state index contributed by atoms with van der Waals surface area (Å²) in [6.07, 6.45) is 4.11. The first kappa shape index (κ1) is 17.5. The van der Waals surface area contributed by atoms with E-state index in [0.717, 1.165) is 11.4 Å². The Morgan fingerprint density at radius 2 is 1.23 bits per heavy atom. The number of carbonyl (C=O) groups is 2. The zero-order chi connectivity index (χ0) is 18.5. The van der Waals surface area contributed by atoms with Crippen LogP contribution in [0.25, 0.3) is 0 Å². The van der Waals surface area contributed by atoms with Gasteiger partial charge in [-0.05, 0) is 30.7 Å². The Balaban J connectivity index is 1.92. The van der Waals surface area contributed by atoms with Gasteiger partial charge in [-0.25, -0.2) is 0 Å². The van der Waals surface area contributed by atoms with Crippen molar-refractivity contribution >= 4 is 23.2 Å². The van der Waals surface area contributed by atoms with Crippen LogP contribution in [-0.2, 0) is 9.59 Å². The molecule has 5 nitrogen and oxygen atoms in total. The third-order valence-corrected chi connectivity index (χ3v) is 4.01. The Bertz CT molecular complexity index is 816. The molecule has 0 atom stereocenters. The zero-order valence-electron chi connectivity index (χ0n) is 14.8. The number of dihydropyridines is 1. The summed E-state index contributed by atoms with van der Waals surface area (Å²) >= 11 is 0. The lowest BCUT2D eigenvalue weighted by atomic mass is 10.1. The number of hydrogen-bond donors (Lipinski definition) is 1. The highest BCUT2D eigenvalue weighted by atomic mass is 16.2. The molecule has 1 aliphatic heterocycles. The Labute approximate surface area is 153 Å². The number of likely N-dealkylation sites (N-methyl/N-ethyl adjacent to an activating group) is 1. The Kier molecular flexibility index (Phi) is 5.17. The van der Waals surface area contributed by atoms with Crippen molar-refractivity contribution in [2.45, 2.75) is 6.42 Å². The third-order valence-electron chi connectivity index (χ3n) is 4.01. The van der Waals surface area contributed by atoms with Crippen LogP contribution in [0.4, 0.5) is 11.4 Å². The van der Waals surface area contributed by atoms with Crippen LogP contribution in [0.1, 0.15) is 6.42 Å². The molecule has 3 rings (SSSR count). The van der Waals surface area contributed by atoms with Crippen LogP contribution in [0.2, 0.25) is 0 Å². The molecule has 0 spiro atoms. The topological polar surface area (TPSA) is 52.7 Å². The number of hydrogen-bond acceptors (Lipinski definition) is 3. The maximum absolute atomic E-state index is 13.3. The molecule has 2 amide bonds. The second kappa shape index (κ2) is 7.70. The van der Waals surface area contributed by atoms with Crippen LogP contribution in [-0.4, -0.2) is 30.8 Å². The van der Waals surface area contributed by atoms with Crippen LogP contribution < -0.4 is 10.2 Å². The van der Waals surface area contributed by atoms with Gasteiger partial charge in [0.05, 0.1) is 0 Å². The quantitative estimate of drug-likeness (QED) is 0.924. The average molecular weight is 347 g/mol. The number of para-hydroxylation sites is 2. The van der Waals surface area contributed by atoms with E-state index in [1.807, 2.05) is 60.7 Å². The Morgan fingerprint density at radius 1 is 0.769 bits per heavy atom. The molecule has 2 aromatic carbocycles. The fraction of sp³-hybridized carbons (Fsp3) is 0.143. The molecule has 1 heterocycles. The third kappa shape index (κ3) is 3.67. The zero-order valence-corrected chi connectivity index (χ0v) is 14.8. The number of rotatable bonds is 4. The summed E-state index contributed by atoms with van der Waals surface area (Å²) in [7, 11) is 3.37. The van der Waals surface area contributed by atoms with E-state index in [9.17, 15) is 9.59 Å². The first-order valence-electron chi connectivity index (χ1n) is 8.41. The molecule has 1 N–H and O–H groups in total. The average Bonchev–Trinajstić information content (AvgIpc) is 2.69. The predicted octanol–water partition coefficient (Wildman–Crippen LogP) is 3.20. The van der Waals surface area contributed by atoms with Crippen LogP contribution in [0, 0.1) is 0 Å². The summed E-state index contributed by atoms with van der Waals surface area (Å²) in [5, 5.41) is 2.99. The second-order valence-electron chi connectivity index (χ2n) is 6.11. The van der Waals surface area contributed by atoms with E-state index in [4.69, 9.17) is 0 Å². The fourth-order valence-electron chi connectivity index (χ4n) is 2.72. The van der Waals surface area contributed by atoms with Gasteiger partial charge in [-0.3, -0.25) is 14.5 Å². The maximum atomic E-state index is 13.3. The van der Waals surface area contributed by atoms with E-state index >= 15 is 0 Å².